The first-order valence-corrected chi connectivity index (χ1v) is 4.36. The first-order valence-electron chi connectivity index (χ1n) is 2.85. The van der Waals surface area contributed by atoms with E-state index < -0.39 is 0 Å². The van der Waals surface area contributed by atoms with Crippen molar-refractivity contribution in [3.05, 3.63) is 26.4 Å². The average molecular weight is 262 g/mol. The van der Waals surface area contributed by atoms with Crippen LogP contribution in [0.2, 0.25) is 20.2 Å². The van der Waals surface area contributed by atoms with Crippen LogP contribution in [0.5, 0.6) is 0 Å². The number of hydrogen-bond donors (Lipinski definition) is 1. The fourth-order valence-electron chi connectivity index (χ4n) is 0.422. The molecule has 0 saturated carbocycles. The number of aromatic nitrogens is 1. The van der Waals surface area contributed by atoms with E-state index in [0.29, 0.717) is 5.02 Å². The van der Waals surface area contributed by atoms with Crippen molar-refractivity contribution in [2.75, 3.05) is 0 Å². The van der Waals surface area contributed by atoms with Crippen LogP contribution in [0.1, 0.15) is 0 Å². The van der Waals surface area contributed by atoms with Crippen LogP contribution < -0.4 is 5.73 Å². The van der Waals surface area contributed by atoms with Gasteiger partial charge in [-0.2, -0.15) is 0 Å². The van der Waals surface area contributed by atoms with Crippen LogP contribution in [0.3, 0.4) is 0 Å². The quantitative estimate of drug-likeness (QED) is 0.577. The minimum Gasteiger partial charge on any atom is -0.372 e. The Balaban J connectivity index is 0.000000424. The van der Waals surface area contributed by atoms with Gasteiger partial charge in [0.25, 0.3) is 0 Å². The fourth-order valence-corrected chi connectivity index (χ4v) is 1.09. The Kier molecular flexibility index (Phi) is 6.16. The van der Waals surface area contributed by atoms with Gasteiger partial charge in [0, 0.05) is 6.20 Å². The summed E-state index contributed by atoms with van der Waals surface area (Å²) in [4.78, 5) is 12.2. The highest BCUT2D eigenvalue weighted by molar-refractivity contribution is 6.51. The molecule has 1 heterocycles. The van der Waals surface area contributed by atoms with E-state index in [9.17, 15) is 0 Å². The molecule has 1 aromatic heterocycles. The van der Waals surface area contributed by atoms with Gasteiger partial charge in [-0.1, -0.05) is 46.4 Å². The molecular weight excluding hydrogens is 258 g/mol. The number of nitrogens with two attached hydrogens (primary N) is 1. The summed E-state index contributed by atoms with van der Waals surface area (Å²) in [5.74, 6) is 0. The van der Waals surface area contributed by atoms with Gasteiger partial charge in [0.2, 0.25) is 6.41 Å². The lowest BCUT2D eigenvalue weighted by molar-refractivity contribution is -0.106. The fraction of sp³-hybridized carbons (Fsp3) is 0. The summed E-state index contributed by atoms with van der Waals surface area (Å²) in [5.41, 5.74) is 4.17. The van der Waals surface area contributed by atoms with Gasteiger partial charge in [-0.15, -0.1) is 0 Å². The van der Waals surface area contributed by atoms with Gasteiger partial charge in [0.1, 0.15) is 5.15 Å². The van der Waals surface area contributed by atoms with E-state index in [0.717, 1.165) is 0 Å². The van der Waals surface area contributed by atoms with Crippen molar-refractivity contribution in [2.24, 2.45) is 5.73 Å². The van der Waals surface area contributed by atoms with Crippen LogP contribution in [-0.4, -0.2) is 11.4 Å². The van der Waals surface area contributed by atoms with Crippen molar-refractivity contribution in [3.8, 4) is 0 Å². The summed E-state index contributed by atoms with van der Waals surface area (Å²) in [5, 5.41) is 0.895. The summed E-state index contributed by atoms with van der Waals surface area (Å²) < 4.78 is 0. The molecule has 0 atom stereocenters. The van der Waals surface area contributed by atoms with Gasteiger partial charge in [-0.3, -0.25) is 4.79 Å². The molecule has 7 heteroatoms. The first kappa shape index (κ1) is 12.8. The molecule has 0 bridgehead atoms. The summed E-state index contributed by atoms with van der Waals surface area (Å²) in [7, 11) is 0. The van der Waals surface area contributed by atoms with E-state index in [1.54, 1.807) is 0 Å². The zero-order valence-corrected chi connectivity index (χ0v) is 9.12. The second-order valence-corrected chi connectivity index (χ2v) is 3.18. The van der Waals surface area contributed by atoms with E-state index in [4.69, 9.17) is 51.2 Å². The lowest BCUT2D eigenvalue weighted by Crippen LogP contribution is -1.82. The van der Waals surface area contributed by atoms with Gasteiger partial charge in [-0.05, 0) is 0 Å². The molecule has 0 spiro atoms. The van der Waals surface area contributed by atoms with E-state index in [1.165, 1.54) is 6.20 Å². The molecule has 13 heavy (non-hydrogen) atoms. The molecule has 3 nitrogen and oxygen atoms in total. The van der Waals surface area contributed by atoms with Crippen LogP contribution in [0.15, 0.2) is 6.20 Å². The van der Waals surface area contributed by atoms with Gasteiger partial charge >= 0.3 is 0 Å². The number of carbonyl (C=O) groups excluding carboxylic acids is 1. The van der Waals surface area contributed by atoms with Crippen molar-refractivity contribution >= 4 is 52.8 Å². The summed E-state index contributed by atoms with van der Waals surface area (Å²) in [6.45, 7) is 0. The highest BCUT2D eigenvalue weighted by Crippen LogP contribution is 2.33. The van der Waals surface area contributed by atoms with Gasteiger partial charge in [0.15, 0.2) is 0 Å². The third kappa shape index (κ3) is 4.00. The third-order valence-corrected chi connectivity index (χ3v) is 2.50. The summed E-state index contributed by atoms with van der Waals surface area (Å²) in [6, 6.07) is 0. The Hall–Kier alpha value is -0.220. The van der Waals surface area contributed by atoms with Crippen molar-refractivity contribution in [1.29, 1.82) is 0 Å². The molecule has 0 saturated heterocycles. The maximum atomic E-state index is 8.58. The van der Waals surface area contributed by atoms with Gasteiger partial charge in [0.05, 0.1) is 15.1 Å². The number of primary amides is 1. The van der Waals surface area contributed by atoms with Crippen molar-refractivity contribution in [3.63, 3.8) is 0 Å². The van der Waals surface area contributed by atoms with Crippen molar-refractivity contribution < 1.29 is 4.79 Å². The molecule has 0 unspecified atom stereocenters. The molecule has 0 aliphatic rings. The molecule has 0 aliphatic heterocycles. The van der Waals surface area contributed by atoms with Crippen LogP contribution in [0.4, 0.5) is 0 Å². The van der Waals surface area contributed by atoms with Crippen molar-refractivity contribution in [1.82, 2.24) is 4.98 Å². The maximum absolute atomic E-state index is 8.58. The summed E-state index contributed by atoms with van der Waals surface area (Å²) in [6.07, 6.45) is 1.60. The number of rotatable bonds is 0. The minimum absolute atomic E-state index is 0.163. The normalized spacial score (nSPS) is 8.62. The van der Waals surface area contributed by atoms with E-state index in [-0.39, 0.29) is 21.6 Å². The Morgan fingerprint density at radius 2 is 1.69 bits per heavy atom. The largest absolute Gasteiger partial charge is 0.372 e. The number of hydrogen-bond acceptors (Lipinski definition) is 2. The lowest BCUT2D eigenvalue weighted by atomic mass is 10.5. The Morgan fingerprint density at radius 3 is 2.08 bits per heavy atom. The molecule has 0 fully saturated rings. The minimum atomic E-state index is 0.163. The highest BCUT2D eigenvalue weighted by atomic mass is 35.5. The van der Waals surface area contributed by atoms with Gasteiger partial charge in [-0.25, -0.2) is 4.98 Å². The maximum Gasteiger partial charge on any atom is 0.204 e. The third-order valence-electron chi connectivity index (χ3n) is 0.875. The van der Waals surface area contributed by atoms with E-state index >= 15 is 0 Å². The van der Waals surface area contributed by atoms with Crippen LogP contribution in [0.25, 0.3) is 0 Å². The van der Waals surface area contributed by atoms with Crippen molar-refractivity contribution in [2.45, 2.75) is 0 Å². The Labute approximate surface area is 94.7 Å². The molecule has 72 valence electrons. The number of carbonyl (C=O) groups is 1. The Bertz CT molecular complexity index is 278. The predicted octanol–water partition coefficient (Wildman–Crippen LogP) is 2.80. The molecule has 1 aromatic rings. The molecule has 0 radical (unpaired) electrons. The number of nitrogens with zero attached hydrogens (tertiary/aromatic N) is 1. The second kappa shape index (κ2) is 6.27. The van der Waals surface area contributed by atoms with E-state index in [1.807, 2.05) is 0 Å². The molecule has 2 N–H and O–H groups in total. The topological polar surface area (TPSA) is 56.0 Å². The first-order chi connectivity index (χ1) is 6.04. The summed E-state index contributed by atoms with van der Waals surface area (Å²) >= 11 is 22.2. The predicted molar refractivity (Wildman–Crippen MR) is 54.5 cm³/mol. The van der Waals surface area contributed by atoms with Crippen LogP contribution >= 0.6 is 46.4 Å². The number of amides is 1. The SMILES string of the molecule is Clc1cnc(Cl)c(Cl)c1Cl.NC=O. The monoisotopic (exact) mass is 260 g/mol. The zero-order valence-electron chi connectivity index (χ0n) is 6.10. The highest BCUT2D eigenvalue weighted by Gasteiger charge is 2.06. The van der Waals surface area contributed by atoms with Gasteiger partial charge < -0.3 is 5.73 Å². The smallest absolute Gasteiger partial charge is 0.204 e. The molecular formula is C6H4Cl4N2O. The van der Waals surface area contributed by atoms with E-state index in [2.05, 4.69) is 10.7 Å². The Morgan fingerprint density at radius 1 is 1.23 bits per heavy atom. The second-order valence-electron chi connectivity index (χ2n) is 1.66. The van der Waals surface area contributed by atoms with Crippen LogP contribution in [-0.2, 0) is 4.79 Å². The molecule has 0 aliphatic carbocycles. The molecule has 0 aromatic carbocycles. The molecule has 1 rings (SSSR count). The lowest BCUT2D eigenvalue weighted by Gasteiger charge is -1.97. The van der Waals surface area contributed by atoms with Crippen LogP contribution in [0, 0.1) is 0 Å². The average Bonchev–Trinajstić information content (AvgIpc) is 2.10. The number of halogens is 4. The zero-order chi connectivity index (χ0) is 10.4. The molecule has 1 amide bonds. The standard InChI is InChI=1S/C5HCl4N.CH3NO/c6-2-1-10-5(9)4(8)3(2)7;2-1-3/h1H;1H,(H2,2,3). The number of pyridine rings is 1.